The second kappa shape index (κ2) is 8.22. The molecular formula is C19H27N7O. The number of nitrogens with two attached hydrogens (primary N) is 3. The third kappa shape index (κ3) is 4.85. The summed E-state index contributed by atoms with van der Waals surface area (Å²) in [4.78, 5) is 20.9. The maximum absolute atomic E-state index is 12.2. The number of nitrogen functional groups attached to an aromatic ring is 1. The summed E-state index contributed by atoms with van der Waals surface area (Å²) in [6.45, 7) is 1.94. The highest BCUT2D eigenvalue weighted by atomic mass is 16.2. The minimum absolute atomic E-state index is 0.0882. The SMILES string of the molecule is C[C@@H](NC(=O)Nc1cc(N)c(C(N)=NC2CC(N)C2)cn1)C1=CCCC=C1. The van der Waals surface area contributed by atoms with E-state index in [1.807, 2.05) is 13.0 Å². The fourth-order valence-electron chi connectivity index (χ4n) is 3.14. The standard InChI is InChI=1S/C19H27N7O/c1-11(12-5-3-2-4-6-12)24-19(27)26-17-9-16(21)15(10-23-17)18(22)25-14-7-13(20)8-14/h3,5-6,9-11,13-14H,2,4,7-8,20H2,1H3,(H2,22,25)(H4,21,23,24,26,27)/t11-,13?,14?/m1/s1. The predicted octanol–water partition coefficient (Wildman–Crippen LogP) is 1.65. The van der Waals surface area contributed by atoms with E-state index < -0.39 is 0 Å². The number of amides is 2. The first-order chi connectivity index (χ1) is 12.9. The first-order valence-corrected chi connectivity index (χ1v) is 9.21. The third-order valence-corrected chi connectivity index (χ3v) is 4.80. The van der Waals surface area contributed by atoms with Gasteiger partial charge in [0.05, 0.1) is 17.6 Å². The highest BCUT2D eigenvalue weighted by Gasteiger charge is 2.25. The number of hydrogen-bond acceptors (Lipinski definition) is 5. The van der Waals surface area contributed by atoms with Crippen LogP contribution in [0.15, 0.2) is 41.1 Å². The number of nitrogens with zero attached hydrogens (tertiary/aromatic N) is 2. The maximum Gasteiger partial charge on any atom is 0.320 e. The van der Waals surface area contributed by atoms with Gasteiger partial charge in [-0.05, 0) is 38.2 Å². The lowest BCUT2D eigenvalue weighted by molar-refractivity contribution is 0.250. The molecule has 1 aromatic rings. The first-order valence-electron chi connectivity index (χ1n) is 9.21. The van der Waals surface area contributed by atoms with Crippen molar-refractivity contribution >= 4 is 23.4 Å². The molecule has 8 N–H and O–H groups in total. The molecule has 0 unspecified atom stereocenters. The number of rotatable bonds is 5. The molecule has 3 rings (SSSR count). The number of aliphatic imine (C=N–C) groups is 1. The molecule has 1 fully saturated rings. The molecule has 27 heavy (non-hydrogen) atoms. The van der Waals surface area contributed by atoms with Gasteiger partial charge >= 0.3 is 6.03 Å². The molecule has 0 bridgehead atoms. The van der Waals surface area contributed by atoms with Gasteiger partial charge in [-0.3, -0.25) is 10.3 Å². The molecule has 0 spiro atoms. The quantitative estimate of drug-likeness (QED) is 0.396. The smallest absolute Gasteiger partial charge is 0.320 e. The Bertz CT molecular complexity index is 793. The van der Waals surface area contributed by atoms with Crippen molar-refractivity contribution in [1.82, 2.24) is 10.3 Å². The van der Waals surface area contributed by atoms with E-state index in [2.05, 4.69) is 32.8 Å². The summed E-state index contributed by atoms with van der Waals surface area (Å²) in [7, 11) is 0. The number of urea groups is 1. The number of amidine groups is 1. The third-order valence-electron chi connectivity index (χ3n) is 4.80. The van der Waals surface area contributed by atoms with Crippen LogP contribution in [0.3, 0.4) is 0 Å². The second-order valence-electron chi connectivity index (χ2n) is 7.06. The normalized spacial score (nSPS) is 23.2. The average molecular weight is 369 g/mol. The molecule has 2 aliphatic carbocycles. The fraction of sp³-hybridized carbons (Fsp3) is 0.421. The van der Waals surface area contributed by atoms with Crippen LogP contribution in [0.1, 0.15) is 38.2 Å². The van der Waals surface area contributed by atoms with Crippen LogP contribution in [0.5, 0.6) is 0 Å². The molecule has 2 amide bonds. The Morgan fingerprint density at radius 3 is 2.78 bits per heavy atom. The largest absolute Gasteiger partial charge is 0.398 e. The Morgan fingerprint density at radius 2 is 2.15 bits per heavy atom. The van der Waals surface area contributed by atoms with Crippen molar-refractivity contribution in [2.75, 3.05) is 11.1 Å². The highest BCUT2D eigenvalue weighted by Crippen LogP contribution is 2.23. The molecule has 0 saturated heterocycles. The number of nitrogens with one attached hydrogen (secondary N) is 2. The molecule has 0 aromatic carbocycles. The van der Waals surface area contributed by atoms with Gasteiger partial charge in [0.1, 0.15) is 11.7 Å². The summed E-state index contributed by atoms with van der Waals surface area (Å²) < 4.78 is 0. The van der Waals surface area contributed by atoms with E-state index in [9.17, 15) is 4.79 Å². The van der Waals surface area contributed by atoms with Gasteiger partial charge in [-0.2, -0.15) is 0 Å². The zero-order valence-electron chi connectivity index (χ0n) is 15.5. The van der Waals surface area contributed by atoms with Crippen LogP contribution in [0.2, 0.25) is 0 Å². The van der Waals surface area contributed by atoms with Gasteiger partial charge in [0, 0.05) is 24.0 Å². The van der Waals surface area contributed by atoms with Crippen LogP contribution < -0.4 is 27.8 Å². The van der Waals surface area contributed by atoms with E-state index in [4.69, 9.17) is 17.2 Å². The Morgan fingerprint density at radius 1 is 1.37 bits per heavy atom. The summed E-state index contributed by atoms with van der Waals surface area (Å²) in [5.41, 5.74) is 19.9. The molecule has 0 radical (unpaired) electrons. The zero-order valence-corrected chi connectivity index (χ0v) is 15.5. The molecule has 1 aromatic heterocycles. The highest BCUT2D eigenvalue weighted by molar-refractivity contribution is 6.02. The van der Waals surface area contributed by atoms with Gasteiger partial charge in [-0.1, -0.05) is 18.2 Å². The maximum atomic E-state index is 12.2. The van der Waals surface area contributed by atoms with Crippen molar-refractivity contribution in [2.45, 2.75) is 50.7 Å². The van der Waals surface area contributed by atoms with Crippen molar-refractivity contribution in [2.24, 2.45) is 16.5 Å². The summed E-state index contributed by atoms with van der Waals surface area (Å²) in [6.07, 6.45) is 11.5. The lowest BCUT2D eigenvalue weighted by Gasteiger charge is -2.29. The molecule has 144 valence electrons. The van der Waals surface area contributed by atoms with Gasteiger partial charge in [0.25, 0.3) is 0 Å². The lowest BCUT2D eigenvalue weighted by atomic mass is 9.88. The number of carbonyl (C=O) groups excluding carboxylic acids is 1. The molecule has 1 saturated carbocycles. The minimum Gasteiger partial charge on any atom is -0.398 e. The van der Waals surface area contributed by atoms with Crippen molar-refractivity contribution < 1.29 is 4.79 Å². The second-order valence-corrected chi connectivity index (χ2v) is 7.06. The molecule has 8 nitrogen and oxygen atoms in total. The van der Waals surface area contributed by atoms with Crippen molar-refractivity contribution in [1.29, 1.82) is 0 Å². The number of anilines is 2. The number of hydrogen-bond donors (Lipinski definition) is 5. The van der Waals surface area contributed by atoms with E-state index >= 15 is 0 Å². The van der Waals surface area contributed by atoms with E-state index in [0.29, 0.717) is 22.9 Å². The number of aromatic nitrogens is 1. The van der Waals surface area contributed by atoms with Crippen molar-refractivity contribution in [3.8, 4) is 0 Å². The van der Waals surface area contributed by atoms with E-state index in [-0.39, 0.29) is 24.2 Å². The monoisotopic (exact) mass is 369 g/mol. The van der Waals surface area contributed by atoms with Crippen LogP contribution >= 0.6 is 0 Å². The summed E-state index contributed by atoms with van der Waals surface area (Å²) >= 11 is 0. The predicted molar refractivity (Wildman–Crippen MR) is 108 cm³/mol. The summed E-state index contributed by atoms with van der Waals surface area (Å²) in [5.74, 6) is 0.699. The van der Waals surface area contributed by atoms with E-state index in [1.165, 1.54) is 6.20 Å². The van der Waals surface area contributed by atoms with Gasteiger partial charge < -0.3 is 22.5 Å². The van der Waals surface area contributed by atoms with Gasteiger partial charge in [-0.25, -0.2) is 9.78 Å². The molecule has 1 heterocycles. The fourth-order valence-corrected chi connectivity index (χ4v) is 3.14. The Labute approximate surface area is 159 Å². The van der Waals surface area contributed by atoms with Crippen LogP contribution in [0.25, 0.3) is 0 Å². The Balaban J connectivity index is 1.59. The number of pyridine rings is 1. The first kappa shape index (κ1) is 18.9. The van der Waals surface area contributed by atoms with Crippen molar-refractivity contribution in [3.63, 3.8) is 0 Å². The Kier molecular flexibility index (Phi) is 5.75. The molecule has 0 aliphatic heterocycles. The van der Waals surface area contributed by atoms with Crippen LogP contribution in [-0.4, -0.2) is 35.0 Å². The van der Waals surface area contributed by atoms with Crippen LogP contribution in [0, 0.1) is 0 Å². The van der Waals surface area contributed by atoms with Crippen LogP contribution in [0.4, 0.5) is 16.3 Å². The lowest BCUT2D eigenvalue weighted by Crippen LogP contribution is -2.40. The number of carbonyl (C=O) groups is 1. The van der Waals surface area contributed by atoms with Crippen LogP contribution in [-0.2, 0) is 0 Å². The van der Waals surface area contributed by atoms with Gasteiger partial charge in [0.2, 0.25) is 0 Å². The number of allylic oxidation sites excluding steroid dienone is 2. The zero-order chi connectivity index (χ0) is 19.4. The summed E-state index contributed by atoms with van der Waals surface area (Å²) in [6, 6.07) is 1.50. The topological polar surface area (TPSA) is 144 Å². The summed E-state index contributed by atoms with van der Waals surface area (Å²) in [5, 5.41) is 5.59. The molecule has 8 heteroatoms. The molecular weight excluding hydrogens is 342 g/mol. The van der Waals surface area contributed by atoms with E-state index in [1.54, 1.807) is 6.07 Å². The average Bonchev–Trinajstić information content (AvgIpc) is 2.61. The molecule has 1 atom stereocenters. The Hall–Kier alpha value is -2.87. The molecule has 2 aliphatic rings. The van der Waals surface area contributed by atoms with Gasteiger partial charge in [-0.15, -0.1) is 0 Å². The van der Waals surface area contributed by atoms with Gasteiger partial charge in [0.15, 0.2) is 0 Å². The minimum atomic E-state index is -0.341. The van der Waals surface area contributed by atoms with Crippen molar-refractivity contribution in [3.05, 3.63) is 41.6 Å². The van der Waals surface area contributed by atoms with E-state index in [0.717, 1.165) is 31.3 Å².